The number of amides is 2. The second kappa shape index (κ2) is 7.84. The van der Waals surface area contributed by atoms with Crippen LogP contribution in [0.15, 0.2) is 66.0 Å². The molecule has 2 amide bonds. The van der Waals surface area contributed by atoms with Gasteiger partial charge in [-0.2, -0.15) is 0 Å². The lowest BCUT2D eigenvalue weighted by atomic mass is 10.0. The standard InChI is InChI=1S/C21H19N3O3S/c25-20(23-27)15-9-7-14(8-10-15)13-24-18-6-2-1-5-17(18)22-21(26)19(24)12-16-4-3-11-28-16/h1-11,19,27H,12-13H2,(H,22,26)(H,23,25)/t19-/m1/s1. The molecule has 1 atom stereocenters. The highest BCUT2D eigenvalue weighted by molar-refractivity contribution is 7.09. The van der Waals surface area contributed by atoms with Gasteiger partial charge in [-0.05, 0) is 41.3 Å². The zero-order chi connectivity index (χ0) is 19.5. The van der Waals surface area contributed by atoms with Gasteiger partial charge in [0.05, 0.1) is 11.4 Å². The average molecular weight is 393 g/mol. The highest BCUT2D eigenvalue weighted by Gasteiger charge is 2.33. The summed E-state index contributed by atoms with van der Waals surface area (Å²) in [5.74, 6) is -0.576. The summed E-state index contributed by atoms with van der Waals surface area (Å²) in [6, 6.07) is 18.5. The van der Waals surface area contributed by atoms with Crippen molar-refractivity contribution in [3.63, 3.8) is 0 Å². The summed E-state index contributed by atoms with van der Waals surface area (Å²) in [4.78, 5) is 27.6. The SMILES string of the molecule is O=C(NO)c1ccc(CN2c3ccccc3NC(=O)[C@H]2Cc2cccs2)cc1. The summed E-state index contributed by atoms with van der Waals surface area (Å²) in [5.41, 5.74) is 4.74. The van der Waals surface area contributed by atoms with Gasteiger partial charge in [0.1, 0.15) is 6.04 Å². The number of rotatable bonds is 5. The van der Waals surface area contributed by atoms with Gasteiger partial charge < -0.3 is 10.2 Å². The molecular weight excluding hydrogens is 374 g/mol. The first kappa shape index (κ1) is 18.2. The van der Waals surface area contributed by atoms with Crippen molar-refractivity contribution in [1.29, 1.82) is 0 Å². The Balaban J connectivity index is 1.65. The molecule has 2 heterocycles. The maximum Gasteiger partial charge on any atom is 0.274 e. The Kier molecular flexibility index (Phi) is 5.10. The van der Waals surface area contributed by atoms with Crippen LogP contribution in [0.3, 0.4) is 0 Å². The number of benzene rings is 2. The molecular formula is C21H19N3O3S. The van der Waals surface area contributed by atoms with E-state index in [0.29, 0.717) is 18.5 Å². The number of nitrogens with zero attached hydrogens (tertiary/aromatic N) is 1. The maximum atomic E-state index is 12.8. The van der Waals surface area contributed by atoms with Crippen LogP contribution in [0.2, 0.25) is 0 Å². The van der Waals surface area contributed by atoms with Crippen LogP contribution in [-0.4, -0.2) is 23.1 Å². The average Bonchev–Trinajstić information content (AvgIpc) is 3.23. The summed E-state index contributed by atoms with van der Waals surface area (Å²) >= 11 is 1.64. The van der Waals surface area contributed by atoms with Gasteiger partial charge in [-0.25, -0.2) is 5.48 Å². The van der Waals surface area contributed by atoms with Crippen LogP contribution in [-0.2, 0) is 17.8 Å². The monoisotopic (exact) mass is 393 g/mol. The van der Waals surface area contributed by atoms with Crippen LogP contribution < -0.4 is 15.7 Å². The quantitative estimate of drug-likeness (QED) is 0.458. The van der Waals surface area contributed by atoms with E-state index in [2.05, 4.69) is 10.2 Å². The first-order valence-electron chi connectivity index (χ1n) is 8.88. The third kappa shape index (κ3) is 3.62. The number of nitrogens with one attached hydrogen (secondary N) is 2. The summed E-state index contributed by atoms with van der Waals surface area (Å²) in [6.07, 6.45) is 0.628. The van der Waals surface area contributed by atoms with Crippen LogP contribution in [0.1, 0.15) is 20.8 Å². The Labute approximate surface area is 166 Å². The molecule has 0 unspecified atom stereocenters. The molecule has 3 N–H and O–H groups in total. The van der Waals surface area contributed by atoms with Gasteiger partial charge in [0.15, 0.2) is 0 Å². The second-order valence-corrected chi connectivity index (χ2v) is 7.60. The van der Waals surface area contributed by atoms with Gasteiger partial charge in [0.25, 0.3) is 5.91 Å². The lowest BCUT2D eigenvalue weighted by Gasteiger charge is -2.38. The highest BCUT2D eigenvalue weighted by atomic mass is 32.1. The van der Waals surface area contributed by atoms with Crippen molar-refractivity contribution in [2.45, 2.75) is 19.0 Å². The molecule has 0 aliphatic carbocycles. The molecule has 0 spiro atoms. The highest BCUT2D eigenvalue weighted by Crippen LogP contribution is 2.34. The minimum absolute atomic E-state index is 0.0246. The topological polar surface area (TPSA) is 81.7 Å². The van der Waals surface area contributed by atoms with Crippen LogP contribution in [0, 0.1) is 0 Å². The zero-order valence-corrected chi connectivity index (χ0v) is 15.8. The number of hydrogen-bond donors (Lipinski definition) is 3. The number of carbonyl (C=O) groups is 2. The molecule has 1 aromatic heterocycles. The van der Waals surface area contributed by atoms with Crippen LogP contribution in [0.4, 0.5) is 11.4 Å². The number of hydroxylamine groups is 1. The van der Waals surface area contributed by atoms with Crippen molar-refractivity contribution < 1.29 is 14.8 Å². The maximum absolute atomic E-state index is 12.8. The zero-order valence-electron chi connectivity index (χ0n) is 15.0. The summed E-state index contributed by atoms with van der Waals surface area (Å²) in [6.45, 7) is 0.529. The molecule has 6 nitrogen and oxygen atoms in total. The van der Waals surface area contributed by atoms with E-state index in [1.807, 2.05) is 53.9 Å². The van der Waals surface area contributed by atoms with Gasteiger partial charge in [0, 0.05) is 23.4 Å². The summed E-state index contributed by atoms with van der Waals surface area (Å²) in [7, 11) is 0. The van der Waals surface area contributed by atoms with E-state index in [1.54, 1.807) is 28.9 Å². The van der Waals surface area contributed by atoms with Crippen molar-refractivity contribution in [3.05, 3.63) is 82.0 Å². The molecule has 4 rings (SSSR count). The normalized spacial score (nSPS) is 15.7. The van der Waals surface area contributed by atoms with Gasteiger partial charge >= 0.3 is 0 Å². The first-order valence-corrected chi connectivity index (χ1v) is 9.76. The molecule has 1 aliphatic heterocycles. The fourth-order valence-corrected chi connectivity index (χ4v) is 4.14. The smallest absolute Gasteiger partial charge is 0.274 e. The van der Waals surface area contributed by atoms with E-state index in [0.717, 1.165) is 21.8 Å². The summed E-state index contributed by atoms with van der Waals surface area (Å²) in [5, 5.41) is 13.8. The number of para-hydroxylation sites is 2. The van der Waals surface area contributed by atoms with Crippen molar-refractivity contribution in [1.82, 2.24) is 5.48 Å². The van der Waals surface area contributed by atoms with Crippen LogP contribution in [0.25, 0.3) is 0 Å². The van der Waals surface area contributed by atoms with E-state index in [-0.39, 0.29) is 11.9 Å². The Bertz CT molecular complexity index is 986. The fraction of sp³-hybridized carbons (Fsp3) is 0.143. The van der Waals surface area contributed by atoms with Gasteiger partial charge in [0.2, 0.25) is 5.91 Å². The molecule has 2 aromatic carbocycles. The third-order valence-corrected chi connectivity index (χ3v) is 5.69. The molecule has 0 radical (unpaired) electrons. The number of fused-ring (bicyclic) bond motifs is 1. The molecule has 0 saturated carbocycles. The lowest BCUT2D eigenvalue weighted by molar-refractivity contribution is -0.117. The molecule has 142 valence electrons. The molecule has 28 heavy (non-hydrogen) atoms. The van der Waals surface area contributed by atoms with Crippen molar-refractivity contribution in [2.24, 2.45) is 0 Å². The third-order valence-electron chi connectivity index (χ3n) is 4.80. The second-order valence-electron chi connectivity index (χ2n) is 6.57. The number of thiophene rings is 1. The van der Waals surface area contributed by atoms with E-state index in [4.69, 9.17) is 5.21 Å². The van der Waals surface area contributed by atoms with E-state index >= 15 is 0 Å². The van der Waals surface area contributed by atoms with Crippen molar-refractivity contribution in [3.8, 4) is 0 Å². The summed E-state index contributed by atoms with van der Waals surface area (Å²) < 4.78 is 0. The van der Waals surface area contributed by atoms with Crippen molar-refractivity contribution in [2.75, 3.05) is 10.2 Å². The fourth-order valence-electron chi connectivity index (χ4n) is 3.40. The minimum atomic E-state index is -0.551. The first-order chi connectivity index (χ1) is 13.7. The minimum Gasteiger partial charge on any atom is -0.353 e. The lowest BCUT2D eigenvalue weighted by Crippen LogP contribution is -2.48. The molecule has 1 aliphatic rings. The van der Waals surface area contributed by atoms with E-state index in [1.165, 1.54) is 0 Å². The van der Waals surface area contributed by atoms with Crippen LogP contribution in [0.5, 0.6) is 0 Å². The van der Waals surface area contributed by atoms with Gasteiger partial charge in [-0.15, -0.1) is 11.3 Å². The molecule has 0 saturated heterocycles. The van der Waals surface area contributed by atoms with Gasteiger partial charge in [-0.3, -0.25) is 14.8 Å². The van der Waals surface area contributed by atoms with Gasteiger partial charge in [-0.1, -0.05) is 30.3 Å². The predicted molar refractivity (Wildman–Crippen MR) is 109 cm³/mol. The van der Waals surface area contributed by atoms with E-state index < -0.39 is 5.91 Å². The molecule has 0 bridgehead atoms. The van der Waals surface area contributed by atoms with E-state index in [9.17, 15) is 9.59 Å². The van der Waals surface area contributed by atoms with Crippen LogP contribution >= 0.6 is 11.3 Å². The largest absolute Gasteiger partial charge is 0.353 e. The number of carbonyl (C=O) groups excluding carboxylic acids is 2. The molecule has 0 fully saturated rings. The number of hydrogen-bond acceptors (Lipinski definition) is 5. The Hall–Kier alpha value is -3.16. The Morgan fingerprint density at radius 3 is 2.61 bits per heavy atom. The predicted octanol–water partition coefficient (Wildman–Crippen LogP) is 3.44. The molecule has 7 heteroatoms. The Morgan fingerprint density at radius 1 is 1.11 bits per heavy atom. The Morgan fingerprint density at radius 2 is 1.89 bits per heavy atom. The molecule has 3 aromatic rings. The van der Waals surface area contributed by atoms with Crippen molar-refractivity contribution >= 4 is 34.5 Å². The number of anilines is 2.